The summed E-state index contributed by atoms with van der Waals surface area (Å²) in [5, 5.41) is 12.3. The predicted molar refractivity (Wildman–Crippen MR) is 130 cm³/mol. The van der Waals surface area contributed by atoms with Gasteiger partial charge in [-0.2, -0.15) is 0 Å². The van der Waals surface area contributed by atoms with E-state index in [-0.39, 0.29) is 30.5 Å². The summed E-state index contributed by atoms with van der Waals surface area (Å²) in [6.45, 7) is 3.65. The van der Waals surface area contributed by atoms with Crippen LogP contribution in [0, 0.1) is 5.92 Å². The lowest BCUT2D eigenvalue weighted by Crippen LogP contribution is -2.37. The van der Waals surface area contributed by atoms with Crippen molar-refractivity contribution in [2.75, 3.05) is 6.16 Å². The van der Waals surface area contributed by atoms with Gasteiger partial charge < -0.3 is 31.5 Å². The van der Waals surface area contributed by atoms with E-state index in [1.165, 1.54) is 12.1 Å². The van der Waals surface area contributed by atoms with Crippen LogP contribution in [0.2, 0.25) is 0 Å². The SMILES string of the molecule is CC(C)CC(NC(=O)OCc1ccccc1)P(=O)(O)CC(C(=O)O)c1cccc(N=C(N)N)c1. The van der Waals surface area contributed by atoms with Crippen LogP contribution in [0.3, 0.4) is 0 Å². The molecule has 2 aromatic carbocycles. The third kappa shape index (κ3) is 8.53. The lowest BCUT2D eigenvalue weighted by atomic mass is 10.0. The van der Waals surface area contributed by atoms with Crippen LogP contribution in [-0.2, 0) is 20.7 Å². The number of guanidine groups is 1. The molecule has 3 unspecified atom stereocenters. The van der Waals surface area contributed by atoms with Gasteiger partial charge in [0.1, 0.15) is 12.4 Å². The highest BCUT2D eigenvalue weighted by Gasteiger charge is 2.38. The van der Waals surface area contributed by atoms with Gasteiger partial charge in [0.05, 0.1) is 11.6 Å². The number of carbonyl (C=O) groups is 2. The number of aliphatic carboxylic acids is 1. The van der Waals surface area contributed by atoms with E-state index < -0.39 is 37.3 Å². The predicted octanol–water partition coefficient (Wildman–Crippen LogP) is 3.33. The highest BCUT2D eigenvalue weighted by Crippen LogP contribution is 2.51. The Morgan fingerprint density at radius 3 is 2.38 bits per heavy atom. The summed E-state index contributed by atoms with van der Waals surface area (Å²) in [5.41, 5.74) is 12.1. The van der Waals surface area contributed by atoms with Crippen LogP contribution in [-0.4, -0.2) is 40.0 Å². The molecular weight excluding hydrogens is 459 g/mol. The minimum Gasteiger partial charge on any atom is -0.481 e. The Morgan fingerprint density at radius 2 is 1.79 bits per heavy atom. The molecule has 184 valence electrons. The van der Waals surface area contributed by atoms with Gasteiger partial charge in [0.25, 0.3) is 0 Å². The summed E-state index contributed by atoms with van der Waals surface area (Å²) >= 11 is 0. The Labute approximate surface area is 198 Å². The normalized spacial score (nSPS) is 14.5. The highest BCUT2D eigenvalue weighted by atomic mass is 31.2. The molecule has 0 aromatic heterocycles. The van der Waals surface area contributed by atoms with E-state index >= 15 is 0 Å². The molecule has 10 nitrogen and oxygen atoms in total. The molecule has 34 heavy (non-hydrogen) atoms. The van der Waals surface area contributed by atoms with E-state index in [1.807, 2.05) is 19.9 Å². The summed E-state index contributed by atoms with van der Waals surface area (Å²) in [6, 6.07) is 15.1. The van der Waals surface area contributed by atoms with Crippen LogP contribution >= 0.6 is 7.37 Å². The van der Waals surface area contributed by atoms with Crippen molar-refractivity contribution in [2.45, 2.75) is 38.6 Å². The van der Waals surface area contributed by atoms with Crippen LogP contribution in [0.15, 0.2) is 59.6 Å². The molecule has 0 saturated heterocycles. The zero-order valence-corrected chi connectivity index (χ0v) is 20.0. The Hall–Kier alpha value is -3.36. The van der Waals surface area contributed by atoms with Gasteiger partial charge in [-0.05, 0) is 35.6 Å². The number of amides is 1. The van der Waals surface area contributed by atoms with Gasteiger partial charge in [0.15, 0.2) is 5.96 Å². The number of nitrogens with one attached hydrogen (secondary N) is 1. The molecule has 11 heteroatoms. The third-order valence-electron chi connectivity index (χ3n) is 4.95. The first-order valence-electron chi connectivity index (χ1n) is 10.7. The van der Waals surface area contributed by atoms with E-state index in [1.54, 1.807) is 36.4 Å². The number of ether oxygens (including phenoxy) is 1. The molecule has 7 N–H and O–H groups in total. The number of nitrogens with zero attached hydrogens (tertiary/aromatic N) is 1. The summed E-state index contributed by atoms with van der Waals surface area (Å²) in [4.78, 5) is 39.2. The molecule has 0 aliphatic rings. The van der Waals surface area contributed by atoms with Gasteiger partial charge in [0, 0.05) is 6.16 Å². The second kappa shape index (κ2) is 12.2. The summed E-state index contributed by atoms with van der Waals surface area (Å²) < 4.78 is 18.6. The van der Waals surface area contributed by atoms with Gasteiger partial charge in [-0.3, -0.25) is 9.36 Å². The summed E-state index contributed by atoms with van der Waals surface area (Å²) in [7, 11) is -4.20. The number of hydrogen-bond donors (Lipinski definition) is 5. The lowest BCUT2D eigenvalue weighted by Gasteiger charge is -2.27. The van der Waals surface area contributed by atoms with E-state index in [0.29, 0.717) is 5.69 Å². The number of benzene rings is 2. The van der Waals surface area contributed by atoms with Gasteiger partial charge in [-0.25, -0.2) is 9.79 Å². The molecule has 0 aliphatic carbocycles. The standard InChI is InChI=1S/C23H31N4O6P/c1-15(2)11-20(27-23(30)33-13-16-7-4-3-5-8-16)34(31,32)14-19(21(28)29)17-9-6-10-18(12-17)26-22(24)25/h3-10,12,15,19-20H,11,13-14H2,1-2H3,(H,27,30)(H,28,29)(H,31,32)(H4,24,25,26). The molecule has 0 heterocycles. The molecule has 2 aromatic rings. The molecule has 0 aliphatic heterocycles. The van der Waals surface area contributed by atoms with Crippen LogP contribution in [0.5, 0.6) is 0 Å². The average molecular weight is 490 g/mol. The fourth-order valence-electron chi connectivity index (χ4n) is 3.35. The number of carboxylic acids is 1. The molecule has 0 bridgehead atoms. The minimum absolute atomic E-state index is 0.00780. The highest BCUT2D eigenvalue weighted by molar-refractivity contribution is 7.58. The molecule has 0 fully saturated rings. The van der Waals surface area contributed by atoms with E-state index in [0.717, 1.165) is 5.56 Å². The van der Waals surface area contributed by atoms with Crippen molar-refractivity contribution in [3.05, 3.63) is 65.7 Å². The Morgan fingerprint density at radius 1 is 1.12 bits per heavy atom. The Kier molecular flexibility index (Phi) is 9.65. The number of carboxylic acid groups (broad SMARTS) is 1. The number of aliphatic imine (C=N–C) groups is 1. The summed E-state index contributed by atoms with van der Waals surface area (Å²) in [5.74, 6) is -4.04. The maximum Gasteiger partial charge on any atom is 0.408 e. The number of alkyl carbamates (subject to hydrolysis) is 1. The first-order valence-corrected chi connectivity index (χ1v) is 12.6. The van der Waals surface area contributed by atoms with Crippen molar-refractivity contribution in [1.29, 1.82) is 0 Å². The molecule has 0 saturated carbocycles. The zero-order chi connectivity index (χ0) is 25.3. The first-order chi connectivity index (χ1) is 16.0. The van der Waals surface area contributed by atoms with Crippen LogP contribution in [0.25, 0.3) is 0 Å². The van der Waals surface area contributed by atoms with Crippen LogP contribution < -0.4 is 16.8 Å². The van der Waals surface area contributed by atoms with Crippen LogP contribution in [0.1, 0.15) is 37.3 Å². The maximum atomic E-state index is 13.4. The molecule has 1 amide bonds. The number of rotatable bonds is 11. The number of hydrogen-bond acceptors (Lipinski definition) is 5. The summed E-state index contributed by atoms with van der Waals surface area (Å²) in [6.07, 6.45) is -1.29. The Bertz CT molecular complexity index is 1060. The lowest BCUT2D eigenvalue weighted by molar-refractivity contribution is -0.138. The van der Waals surface area contributed by atoms with E-state index in [4.69, 9.17) is 16.2 Å². The van der Waals surface area contributed by atoms with Crippen molar-refractivity contribution in [2.24, 2.45) is 22.4 Å². The fourth-order valence-corrected chi connectivity index (χ4v) is 5.55. The van der Waals surface area contributed by atoms with Crippen molar-refractivity contribution >= 4 is 31.1 Å². The van der Waals surface area contributed by atoms with Crippen LogP contribution in [0.4, 0.5) is 10.5 Å². The smallest absolute Gasteiger partial charge is 0.408 e. The maximum absolute atomic E-state index is 13.4. The largest absolute Gasteiger partial charge is 0.481 e. The second-order valence-corrected chi connectivity index (χ2v) is 10.8. The number of carbonyl (C=O) groups excluding carboxylic acids is 1. The molecule has 0 radical (unpaired) electrons. The van der Waals surface area contributed by atoms with E-state index in [2.05, 4.69) is 10.3 Å². The Balaban J connectivity index is 2.20. The van der Waals surface area contributed by atoms with Gasteiger partial charge in [0.2, 0.25) is 7.37 Å². The molecule has 2 rings (SSSR count). The van der Waals surface area contributed by atoms with Gasteiger partial charge >= 0.3 is 12.1 Å². The van der Waals surface area contributed by atoms with Gasteiger partial charge in [-0.1, -0.05) is 56.3 Å². The topological polar surface area (TPSA) is 177 Å². The average Bonchev–Trinajstić information content (AvgIpc) is 2.75. The number of nitrogens with two attached hydrogens (primary N) is 2. The van der Waals surface area contributed by atoms with Crippen molar-refractivity contribution in [3.8, 4) is 0 Å². The molecule has 3 atom stereocenters. The first kappa shape index (κ1) is 26.9. The second-order valence-electron chi connectivity index (χ2n) is 8.31. The molecular formula is C23H31N4O6P. The van der Waals surface area contributed by atoms with E-state index in [9.17, 15) is 24.2 Å². The molecule has 0 spiro atoms. The van der Waals surface area contributed by atoms with Crippen molar-refractivity contribution in [1.82, 2.24) is 5.32 Å². The fraction of sp³-hybridized carbons (Fsp3) is 0.348. The minimum atomic E-state index is -4.20. The van der Waals surface area contributed by atoms with Crippen molar-refractivity contribution < 1.29 is 28.9 Å². The van der Waals surface area contributed by atoms with Crippen molar-refractivity contribution in [3.63, 3.8) is 0 Å². The third-order valence-corrected chi connectivity index (χ3v) is 7.15. The van der Waals surface area contributed by atoms with Gasteiger partial charge in [-0.15, -0.1) is 0 Å². The quantitative estimate of drug-likeness (QED) is 0.181. The monoisotopic (exact) mass is 490 g/mol. The zero-order valence-electron chi connectivity index (χ0n) is 19.1.